The summed E-state index contributed by atoms with van der Waals surface area (Å²) in [5.41, 5.74) is 2.55. The number of aryl methyl sites for hydroxylation is 1. The number of anilines is 1. The van der Waals surface area contributed by atoms with Gasteiger partial charge in [0, 0.05) is 17.3 Å². The fourth-order valence-corrected chi connectivity index (χ4v) is 2.16. The molecule has 1 aromatic carbocycles. The molecule has 0 aliphatic rings. The summed E-state index contributed by atoms with van der Waals surface area (Å²) in [5.74, 6) is -0.300. The van der Waals surface area contributed by atoms with Crippen molar-refractivity contribution in [3.63, 3.8) is 0 Å². The average Bonchev–Trinajstić information content (AvgIpc) is 2.82. The van der Waals surface area contributed by atoms with Crippen molar-refractivity contribution in [2.75, 3.05) is 5.32 Å². The first-order valence-electron chi connectivity index (χ1n) is 6.16. The number of hydrogen-bond acceptors (Lipinski definition) is 4. The number of aromatic nitrogens is 2. The lowest BCUT2D eigenvalue weighted by molar-refractivity contribution is 0.102. The molecule has 21 heavy (non-hydrogen) atoms. The highest BCUT2D eigenvalue weighted by Crippen LogP contribution is 2.16. The second-order valence-corrected chi connectivity index (χ2v) is 4.95. The molecule has 0 bridgehead atoms. The van der Waals surface area contributed by atoms with Crippen molar-refractivity contribution < 1.29 is 9.21 Å². The maximum absolute atomic E-state index is 12.2. The van der Waals surface area contributed by atoms with Gasteiger partial charge in [0.1, 0.15) is 0 Å². The third kappa shape index (κ3) is 2.63. The van der Waals surface area contributed by atoms with Crippen LogP contribution in [0.5, 0.6) is 0 Å². The molecule has 0 aliphatic carbocycles. The van der Waals surface area contributed by atoms with Crippen molar-refractivity contribution in [2.45, 2.75) is 6.92 Å². The van der Waals surface area contributed by atoms with Gasteiger partial charge in [-0.05, 0) is 43.4 Å². The minimum atomic E-state index is -0.300. The average molecular weight is 301 g/mol. The summed E-state index contributed by atoms with van der Waals surface area (Å²) >= 11 is 4.90. The molecule has 0 unspecified atom stereocenters. The van der Waals surface area contributed by atoms with Gasteiger partial charge in [-0.2, -0.15) is 0 Å². The third-order valence-electron chi connectivity index (χ3n) is 3.03. The zero-order chi connectivity index (χ0) is 15.0. The number of pyridine rings is 1. The van der Waals surface area contributed by atoms with E-state index >= 15 is 0 Å². The predicted molar refractivity (Wildman–Crippen MR) is 81.2 cm³/mol. The maximum Gasteiger partial charge on any atom is 0.266 e. The third-order valence-corrected chi connectivity index (χ3v) is 3.22. The first-order valence-corrected chi connectivity index (χ1v) is 6.57. The van der Waals surface area contributed by atoms with E-state index in [1.54, 1.807) is 31.2 Å². The molecular formula is C14H11N3O3S. The first kappa shape index (κ1) is 13.3. The smallest absolute Gasteiger partial charge is 0.266 e. The normalized spacial score (nSPS) is 10.7. The molecule has 2 aromatic heterocycles. The zero-order valence-electron chi connectivity index (χ0n) is 11.0. The molecule has 3 aromatic rings. The topological polar surface area (TPSA) is 90.9 Å². The number of oxazole rings is 1. The summed E-state index contributed by atoms with van der Waals surface area (Å²) in [5, 5.41) is 2.71. The number of nitrogens with one attached hydrogen (secondary N) is 3. The lowest BCUT2D eigenvalue weighted by Gasteiger charge is -2.05. The Morgan fingerprint density at radius 2 is 2.14 bits per heavy atom. The van der Waals surface area contributed by atoms with Crippen LogP contribution >= 0.6 is 12.2 Å². The Hall–Kier alpha value is -2.67. The molecule has 0 saturated heterocycles. The fourth-order valence-electron chi connectivity index (χ4n) is 1.96. The number of benzene rings is 1. The Morgan fingerprint density at radius 3 is 2.90 bits per heavy atom. The summed E-state index contributed by atoms with van der Waals surface area (Å²) in [4.78, 5) is 29.1. The SMILES string of the molecule is Cc1cc(NC(=O)c2ccc3[nH]c(=S)oc3c2)c[nH]c1=O. The van der Waals surface area contributed by atoms with Gasteiger partial charge in [0.2, 0.25) is 0 Å². The van der Waals surface area contributed by atoms with E-state index < -0.39 is 0 Å². The van der Waals surface area contributed by atoms with Crippen LogP contribution in [0.1, 0.15) is 15.9 Å². The van der Waals surface area contributed by atoms with Crippen LogP contribution in [0, 0.1) is 11.8 Å². The van der Waals surface area contributed by atoms with Crippen LogP contribution in [0.4, 0.5) is 5.69 Å². The van der Waals surface area contributed by atoms with Crippen LogP contribution in [0.15, 0.2) is 39.7 Å². The summed E-state index contributed by atoms with van der Waals surface area (Å²) < 4.78 is 5.28. The van der Waals surface area contributed by atoms with Crippen molar-refractivity contribution in [3.05, 3.63) is 56.8 Å². The van der Waals surface area contributed by atoms with Gasteiger partial charge >= 0.3 is 0 Å². The van der Waals surface area contributed by atoms with E-state index in [0.29, 0.717) is 22.4 Å². The van der Waals surface area contributed by atoms with E-state index in [2.05, 4.69) is 15.3 Å². The summed E-state index contributed by atoms with van der Waals surface area (Å²) in [7, 11) is 0. The molecule has 7 heteroatoms. The van der Waals surface area contributed by atoms with E-state index in [-0.39, 0.29) is 16.3 Å². The van der Waals surface area contributed by atoms with Crippen molar-refractivity contribution in [3.8, 4) is 0 Å². The summed E-state index contributed by atoms with van der Waals surface area (Å²) in [6.45, 7) is 1.67. The van der Waals surface area contributed by atoms with Crippen molar-refractivity contribution in [1.82, 2.24) is 9.97 Å². The Bertz CT molecular complexity index is 952. The summed E-state index contributed by atoms with van der Waals surface area (Å²) in [6.07, 6.45) is 1.45. The van der Waals surface area contributed by atoms with Gasteiger partial charge < -0.3 is 19.7 Å². The largest absolute Gasteiger partial charge is 0.429 e. The Balaban J connectivity index is 1.90. The van der Waals surface area contributed by atoms with Gasteiger partial charge in [-0.3, -0.25) is 9.59 Å². The van der Waals surface area contributed by atoms with Gasteiger partial charge in [-0.15, -0.1) is 0 Å². The lowest BCUT2D eigenvalue weighted by atomic mass is 10.2. The molecular weight excluding hydrogens is 290 g/mol. The molecule has 106 valence electrons. The van der Waals surface area contributed by atoms with Crippen LogP contribution in [-0.4, -0.2) is 15.9 Å². The Kier molecular flexibility index (Phi) is 3.19. The van der Waals surface area contributed by atoms with E-state index in [1.165, 1.54) is 6.20 Å². The number of H-pyrrole nitrogens is 2. The number of aromatic amines is 2. The quantitative estimate of drug-likeness (QED) is 0.635. The number of hydrogen-bond donors (Lipinski definition) is 3. The second-order valence-electron chi connectivity index (χ2n) is 4.58. The van der Waals surface area contributed by atoms with Gasteiger partial charge in [0.25, 0.3) is 16.3 Å². The highest BCUT2D eigenvalue weighted by atomic mass is 32.1. The molecule has 1 amide bonds. The van der Waals surface area contributed by atoms with Gasteiger partial charge in [-0.1, -0.05) is 0 Å². The number of fused-ring (bicyclic) bond motifs is 1. The molecule has 0 radical (unpaired) electrons. The van der Waals surface area contributed by atoms with Crippen LogP contribution in [0.25, 0.3) is 11.1 Å². The van der Waals surface area contributed by atoms with E-state index in [4.69, 9.17) is 16.6 Å². The summed E-state index contributed by atoms with van der Waals surface area (Å²) in [6, 6.07) is 6.60. The Labute approximate surface area is 123 Å². The maximum atomic E-state index is 12.2. The standard InChI is InChI=1S/C14H11N3O3S/c1-7-4-9(6-15-12(7)18)16-13(19)8-2-3-10-11(5-8)20-14(21)17-10/h2-6H,1H3,(H,15,18)(H,16,19)(H,17,21). The molecule has 2 heterocycles. The van der Waals surface area contributed by atoms with Gasteiger partial charge in [-0.25, -0.2) is 0 Å². The Morgan fingerprint density at radius 1 is 1.33 bits per heavy atom. The number of rotatable bonds is 2. The van der Waals surface area contributed by atoms with Crippen molar-refractivity contribution in [1.29, 1.82) is 0 Å². The molecule has 0 spiro atoms. The number of amides is 1. The minimum Gasteiger partial charge on any atom is -0.429 e. The van der Waals surface area contributed by atoms with Crippen molar-refractivity contribution in [2.24, 2.45) is 0 Å². The van der Waals surface area contributed by atoms with E-state index in [9.17, 15) is 9.59 Å². The van der Waals surface area contributed by atoms with E-state index in [1.807, 2.05) is 0 Å². The minimum absolute atomic E-state index is 0.182. The molecule has 3 rings (SSSR count). The highest BCUT2D eigenvalue weighted by Gasteiger charge is 2.09. The van der Waals surface area contributed by atoms with E-state index in [0.717, 1.165) is 5.52 Å². The first-order chi connectivity index (χ1) is 10.0. The number of carbonyl (C=O) groups is 1. The predicted octanol–water partition coefficient (Wildman–Crippen LogP) is 2.74. The van der Waals surface area contributed by atoms with Crippen LogP contribution in [0.2, 0.25) is 0 Å². The highest BCUT2D eigenvalue weighted by molar-refractivity contribution is 7.71. The lowest BCUT2D eigenvalue weighted by Crippen LogP contribution is -2.15. The monoisotopic (exact) mass is 301 g/mol. The molecule has 6 nitrogen and oxygen atoms in total. The van der Waals surface area contributed by atoms with Gasteiger partial charge in [0.05, 0.1) is 11.2 Å². The molecule has 0 saturated carbocycles. The van der Waals surface area contributed by atoms with Crippen LogP contribution < -0.4 is 10.9 Å². The van der Waals surface area contributed by atoms with Crippen LogP contribution in [-0.2, 0) is 0 Å². The zero-order valence-corrected chi connectivity index (χ0v) is 11.8. The molecule has 0 atom stereocenters. The van der Waals surface area contributed by atoms with Crippen molar-refractivity contribution >= 4 is 34.9 Å². The second kappa shape index (κ2) is 5.02. The molecule has 0 fully saturated rings. The molecule has 3 N–H and O–H groups in total. The van der Waals surface area contributed by atoms with Crippen LogP contribution in [0.3, 0.4) is 0 Å². The van der Waals surface area contributed by atoms with Gasteiger partial charge in [0.15, 0.2) is 5.58 Å². The fraction of sp³-hybridized carbons (Fsp3) is 0.0714. The molecule has 0 aliphatic heterocycles. The number of carbonyl (C=O) groups excluding carboxylic acids is 1.